The van der Waals surface area contributed by atoms with Crippen molar-refractivity contribution in [2.24, 2.45) is 23.7 Å². The zero-order valence-corrected chi connectivity index (χ0v) is 38.1. The molecular formula is C40H80N2S6. The van der Waals surface area contributed by atoms with E-state index in [2.05, 4.69) is 72.1 Å². The van der Waals surface area contributed by atoms with Gasteiger partial charge < -0.3 is 9.80 Å². The fourth-order valence-electron chi connectivity index (χ4n) is 6.32. The van der Waals surface area contributed by atoms with Gasteiger partial charge in [0.2, 0.25) is 0 Å². The van der Waals surface area contributed by atoms with Crippen molar-refractivity contribution in [3.8, 4) is 0 Å². The molecule has 5 unspecified atom stereocenters. The standard InChI is InChI=1S/C40H80N2S6/c1-10-18-25-35(14-5)30-41(31-36(15-6)26-19-11-2)39(43)47-45-29-23-22-24-34(9)46-48-40(44)42(32-37(16-7)27-20-12-3)33-38(17-8)28-21-13-4/h34-38H,10-33H2,1-9H3. The van der Waals surface area contributed by atoms with Crippen LogP contribution in [0.5, 0.6) is 0 Å². The van der Waals surface area contributed by atoms with E-state index in [-0.39, 0.29) is 0 Å². The molecule has 0 aliphatic heterocycles. The Balaban J connectivity index is 4.85. The molecule has 0 bridgehead atoms. The van der Waals surface area contributed by atoms with E-state index >= 15 is 0 Å². The molecule has 0 N–H and O–H groups in total. The van der Waals surface area contributed by atoms with Gasteiger partial charge in [-0.05, 0) is 83.8 Å². The summed E-state index contributed by atoms with van der Waals surface area (Å²) in [7, 11) is 7.76. The number of rotatable bonds is 32. The smallest absolute Gasteiger partial charge is 0.147 e. The van der Waals surface area contributed by atoms with E-state index < -0.39 is 0 Å². The fraction of sp³-hybridized carbons (Fsp3) is 0.950. The third-order valence-electron chi connectivity index (χ3n) is 10.1. The van der Waals surface area contributed by atoms with E-state index in [4.69, 9.17) is 24.4 Å². The van der Waals surface area contributed by atoms with Crippen LogP contribution in [-0.2, 0) is 0 Å². The molecule has 0 aromatic carbocycles. The molecule has 0 rings (SSSR count). The van der Waals surface area contributed by atoms with Crippen LogP contribution < -0.4 is 0 Å². The molecule has 0 aliphatic rings. The van der Waals surface area contributed by atoms with Crippen molar-refractivity contribution in [3.05, 3.63) is 0 Å². The highest BCUT2D eigenvalue weighted by atomic mass is 33.1. The monoisotopic (exact) mass is 780 g/mol. The van der Waals surface area contributed by atoms with E-state index in [1.165, 1.54) is 128 Å². The molecule has 5 atom stereocenters. The van der Waals surface area contributed by atoms with Crippen LogP contribution in [-0.4, -0.2) is 55.6 Å². The summed E-state index contributed by atoms with van der Waals surface area (Å²) in [6.07, 6.45) is 24.7. The molecule has 0 heterocycles. The Morgan fingerprint density at radius 1 is 0.479 bits per heavy atom. The number of nitrogens with zero attached hydrogens (tertiary/aromatic N) is 2. The van der Waals surface area contributed by atoms with Crippen molar-refractivity contribution in [2.75, 3.05) is 31.9 Å². The predicted molar refractivity (Wildman–Crippen MR) is 240 cm³/mol. The molecule has 0 spiro atoms. The summed E-state index contributed by atoms with van der Waals surface area (Å²) in [4.78, 5) is 5.20. The highest BCUT2D eigenvalue weighted by molar-refractivity contribution is 8.84. The number of unbranched alkanes of at least 4 members (excludes halogenated alkanes) is 5. The first kappa shape index (κ1) is 49.2. The third kappa shape index (κ3) is 25.2. The van der Waals surface area contributed by atoms with E-state index in [9.17, 15) is 0 Å². The van der Waals surface area contributed by atoms with Gasteiger partial charge in [-0.1, -0.05) is 192 Å². The highest BCUT2D eigenvalue weighted by Crippen LogP contribution is 2.34. The summed E-state index contributed by atoms with van der Waals surface area (Å²) >= 11 is 12.2. The lowest BCUT2D eigenvalue weighted by Gasteiger charge is -2.32. The van der Waals surface area contributed by atoms with Crippen molar-refractivity contribution in [1.82, 2.24) is 9.80 Å². The van der Waals surface area contributed by atoms with Crippen molar-refractivity contribution in [2.45, 2.75) is 190 Å². The molecule has 0 fully saturated rings. The number of thiocarbonyl (C=S) groups is 2. The first-order valence-corrected chi connectivity index (χ1v) is 25.8. The largest absolute Gasteiger partial charge is 0.356 e. The van der Waals surface area contributed by atoms with Crippen molar-refractivity contribution >= 4 is 76.3 Å². The SMILES string of the molecule is CCCCC(CC)CN(CC(CC)CCCC)C(=S)SSCCCCC(C)SSC(=S)N(CC(CC)CCCC)CC(CC)CCCC. The topological polar surface area (TPSA) is 6.48 Å². The van der Waals surface area contributed by atoms with Gasteiger partial charge >= 0.3 is 0 Å². The van der Waals surface area contributed by atoms with Crippen LogP contribution in [0.3, 0.4) is 0 Å². The molecule has 0 aromatic rings. The second-order valence-electron chi connectivity index (χ2n) is 14.4. The fourth-order valence-corrected chi connectivity index (χ4v) is 11.5. The van der Waals surface area contributed by atoms with Crippen LogP contribution in [0.2, 0.25) is 0 Å². The maximum Gasteiger partial charge on any atom is 0.147 e. The van der Waals surface area contributed by atoms with Gasteiger partial charge in [-0.15, -0.1) is 0 Å². The number of hydrogen-bond acceptors (Lipinski definition) is 6. The maximum atomic E-state index is 6.12. The van der Waals surface area contributed by atoms with Crippen LogP contribution >= 0.6 is 67.6 Å². The second-order valence-corrected chi connectivity index (χ2v) is 20.7. The zero-order chi connectivity index (χ0) is 36.0. The normalized spacial score (nSPS) is 14.8. The molecule has 0 saturated carbocycles. The van der Waals surface area contributed by atoms with E-state index in [0.29, 0.717) is 5.25 Å². The van der Waals surface area contributed by atoms with E-state index in [0.717, 1.165) is 58.5 Å². The van der Waals surface area contributed by atoms with E-state index in [1.54, 1.807) is 0 Å². The molecule has 0 radical (unpaired) electrons. The molecule has 8 heteroatoms. The lowest BCUT2D eigenvalue weighted by Crippen LogP contribution is -2.36. The Morgan fingerprint density at radius 3 is 1.17 bits per heavy atom. The van der Waals surface area contributed by atoms with Crippen LogP contribution in [0.4, 0.5) is 0 Å². The second kappa shape index (κ2) is 34.0. The summed E-state index contributed by atoms with van der Waals surface area (Å²) in [5.41, 5.74) is 0. The Kier molecular flexibility index (Phi) is 34.8. The Hall–Kier alpha value is 1.18. The van der Waals surface area contributed by atoms with Crippen LogP contribution in [0, 0.1) is 23.7 Å². The third-order valence-corrected chi connectivity index (χ3v) is 16.9. The molecule has 286 valence electrons. The van der Waals surface area contributed by atoms with Gasteiger partial charge in [-0.25, -0.2) is 0 Å². The lowest BCUT2D eigenvalue weighted by atomic mass is 9.96. The molecular weight excluding hydrogens is 701 g/mol. The molecule has 0 saturated heterocycles. The molecule has 2 nitrogen and oxygen atoms in total. The minimum atomic E-state index is 0.622. The first-order valence-electron chi connectivity index (χ1n) is 20.4. The predicted octanol–water partition coefficient (Wildman–Crippen LogP) is 15.3. The van der Waals surface area contributed by atoms with Gasteiger partial charge in [0, 0.05) is 37.2 Å². The van der Waals surface area contributed by atoms with E-state index in [1.807, 2.05) is 43.2 Å². The summed E-state index contributed by atoms with van der Waals surface area (Å²) in [6.45, 7) is 25.7. The van der Waals surface area contributed by atoms with Gasteiger partial charge in [0.25, 0.3) is 0 Å². The van der Waals surface area contributed by atoms with Gasteiger partial charge in [0.1, 0.15) is 8.64 Å². The van der Waals surface area contributed by atoms with Crippen LogP contribution in [0.1, 0.15) is 184 Å². The van der Waals surface area contributed by atoms with Crippen molar-refractivity contribution in [1.29, 1.82) is 0 Å². The Labute approximate surface area is 329 Å². The molecule has 48 heavy (non-hydrogen) atoms. The Morgan fingerprint density at radius 2 is 0.833 bits per heavy atom. The van der Waals surface area contributed by atoms with Gasteiger partial charge in [0.15, 0.2) is 0 Å². The lowest BCUT2D eigenvalue weighted by molar-refractivity contribution is 0.269. The summed E-state index contributed by atoms with van der Waals surface area (Å²) in [5.74, 6) is 4.22. The Bertz CT molecular complexity index is 717. The maximum absolute atomic E-state index is 6.12. The summed E-state index contributed by atoms with van der Waals surface area (Å²) in [6, 6.07) is 0. The summed E-state index contributed by atoms with van der Waals surface area (Å²) in [5, 5.41) is 0.622. The average molecular weight is 781 g/mol. The highest BCUT2D eigenvalue weighted by Gasteiger charge is 2.22. The van der Waals surface area contributed by atoms with Gasteiger partial charge in [0.05, 0.1) is 0 Å². The van der Waals surface area contributed by atoms with Gasteiger partial charge in [-0.2, -0.15) is 0 Å². The van der Waals surface area contributed by atoms with Crippen molar-refractivity contribution < 1.29 is 0 Å². The molecule has 0 aromatic heterocycles. The van der Waals surface area contributed by atoms with Gasteiger partial charge in [-0.3, -0.25) is 0 Å². The first-order chi connectivity index (χ1) is 23.2. The summed E-state index contributed by atoms with van der Waals surface area (Å²) < 4.78 is 2.25. The van der Waals surface area contributed by atoms with Crippen LogP contribution in [0.15, 0.2) is 0 Å². The molecule has 0 amide bonds. The average Bonchev–Trinajstić information content (AvgIpc) is 3.10. The quantitative estimate of drug-likeness (QED) is 0.0373. The zero-order valence-electron chi connectivity index (χ0n) is 33.2. The minimum absolute atomic E-state index is 0.622. The van der Waals surface area contributed by atoms with Crippen LogP contribution in [0.25, 0.3) is 0 Å². The minimum Gasteiger partial charge on any atom is -0.356 e. The number of hydrogen-bond donors (Lipinski definition) is 0. The van der Waals surface area contributed by atoms with Crippen molar-refractivity contribution in [3.63, 3.8) is 0 Å². The molecule has 0 aliphatic carbocycles.